The van der Waals surface area contributed by atoms with Crippen LogP contribution in [0.25, 0.3) is 0 Å². The van der Waals surface area contributed by atoms with Gasteiger partial charge in [0.1, 0.15) is 0 Å². The first kappa shape index (κ1) is 13.6. The van der Waals surface area contributed by atoms with Gasteiger partial charge < -0.3 is 10.1 Å². The standard InChI is InChI=1S/C16H25NO/c1-16(2,3)14-6-4-13(5-7-14)12-18-15-8-10-17-11-9-15/h4-7,15,17H,8-12H2,1-3H3. The quantitative estimate of drug-likeness (QED) is 0.885. The molecule has 2 nitrogen and oxygen atoms in total. The SMILES string of the molecule is CC(C)(C)c1ccc(COC2CCNCC2)cc1. The van der Waals surface area contributed by atoms with Gasteiger partial charge in [-0.1, -0.05) is 45.0 Å². The zero-order valence-electron chi connectivity index (χ0n) is 11.8. The van der Waals surface area contributed by atoms with Crippen LogP contribution in [0.3, 0.4) is 0 Å². The van der Waals surface area contributed by atoms with E-state index in [1.165, 1.54) is 11.1 Å². The Morgan fingerprint density at radius 2 is 1.72 bits per heavy atom. The second-order valence-electron chi connectivity index (χ2n) is 6.21. The van der Waals surface area contributed by atoms with Crippen molar-refractivity contribution in [3.63, 3.8) is 0 Å². The van der Waals surface area contributed by atoms with Crippen LogP contribution in [0, 0.1) is 0 Å². The smallest absolute Gasteiger partial charge is 0.0720 e. The molecule has 0 saturated carbocycles. The molecule has 1 N–H and O–H groups in total. The van der Waals surface area contributed by atoms with E-state index in [2.05, 4.69) is 50.4 Å². The van der Waals surface area contributed by atoms with Crippen LogP contribution in [0.15, 0.2) is 24.3 Å². The maximum absolute atomic E-state index is 5.95. The van der Waals surface area contributed by atoms with Crippen molar-refractivity contribution in [3.8, 4) is 0 Å². The number of benzene rings is 1. The predicted octanol–water partition coefficient (Wildman–Crippen LogP) is 3.25. The molecule has 0 bridgehead atoms. The van der Waals surface area contributed by atoms with Crippen LogP contribution in [0.5, 0.6) is 0 Å². The van der Waals surface area contributed by atoms with Crippen LogP contribution in [0.2, 0.25) is 0 Å². The summed E-state index contributed by atoms with van der Waals surface area (Å²) in [7, 11) is 0. The van der Waals surface area contributed by atoms with Crippen LogP contribution >= 0.6 is 0 Å². The van der Waals surface area contributed by atoms with Gasteiger partial charge in [-0.3, -0.25) is 0 Å². The lowest BCUT2D eigenvalue weighted by Crippen LogP contribution is -2.32. The lowest BCUT2D eigenvalue weighted by molar-refractivity contribution is 0.0212. The normalized spacial score (nSPS) is 17.9. The molecule has 1 aliphatic heterocycles. The topological polar surface area (TPSA) is 21.3 Å². The predicted molar refractivity (Wildman–Crippen MR) is 75.8 cm³/mol. The first-order chi connectivity index (χ1) is 8.55. The van der Waals surface area contributed by atoms with E-state index in [0.717, 1.165) is 32.5 Å². The molecule has 100 valence electrons. The highest BCUT2D eigenvalue weighted by Gasteiger charge is 2.14. The van der Waals surface area contributed by atoms with E-state index in [9.17, 15) is 0 Å². The molecule has 18 heavy (non-hydrogen) atoms. The number of ether oxygens (including phenoxy) is 1. The van der Waals surface area contributed by atoms with Crippen LogP contribution < -0.4 is 5.32 Å². The summed E-state index contributed by atoms with van der Waals surface area (Å²) < 4.78 is 5.95. The first-order valence-electron chi connectivity index (χ1n) is 6.97. The maximum Gasteiger partial charge on any atom is 0.0720 e. The molecule has 2 heteroatoms. The van der Waals surface area contributed by atoms with Gasteiger partial charge in [0.05, 0.1) is 12.7 Å². The molecule has 2 rings (SSSR count). The van der Waals surface area contributed by atoms with E-state index >= 15 is 0 Å². The first-order valence-corrected chi connectivity index (χ1v) is 6.97. The fourth-order valence-electron chi connectivity index (χ4n) is 2.28. The van der Waals surface area contributed by atoms with Crippen molar-refractivity contribution >= 4 is 0 Å². The van der Waals surface area contributed by atoms with Crippen molar-refractivity contribution < 1.29 is 4.74 Å². The number of hydrogen-bond acceptors (Lipinski definition) is 2. The van der Waals surface area contributed by atoms with Gasteiger partial charge >= 0.3 is 0 Å². The van der Waals surface area contributed by atoms with Crippen LogP contribution in [-0.2, 0) is 16.8 Å². The highest BCUT2D eigenvalue weighted by molar-refractivity contribution is 5.27. The molecule has 0 atom stereocenters. The zero-order valence-corrected chi connectivity index (χ0v) is 11.8. The average Bonchev–Trinajstić information content (AvgIpc) is 2.37. The van der Waals surface area contributed by atoms with E-state index in [-0.39, 0.29) is 5.41 Å². The summed E-state index contributed by atoms with van der Waals surface area (Å²) in [5.41, 5.74) is 2.89. The van der Waals surface area contributed by atoms with Gasteiger partial charge in [0.25, 0.3) is 0 Å². The van der Waals surface area contributed by atoms with Crippen molar-refractivity contribution in [2.45, 2.75) is 51.7 Å². The molecule has 0 aromatic heterocycles. The van der Waals surface area contributed by atoms with Crippen molar-refractivity contribution in [1.82, 2.24) is 5.32 Å². The summed E-state index contributed by atoms with van der Waals surface area (Å²) in [5.74, 6) is 0. The summed E-state index contributed by atoms with van der Waals surface area (Å²) in [4.78, 5) is 0. The third-order valence-electron chi connectivity index (χ3n) is 3.59. The Hall–Kier alpha value is -0.860. The molecular formula is C16H25NO. The number of hydrogen-bond donors (Lipinski definition) is 1. The molecule has 1 saturated heterocycles. The molecule has 0 amide bonds. The van der Waals surface area contributed by atoms with Gasteiger partial charge in [0.15, 0.2) is 0 Å². The highest BCUT2D eigenvalue weighted by atomic mass is 16.5. The Balaban J connectivity index is 1.86. The summed E-state index contributed by atoms with van der Waals surface area (Å²) in [6, 6.07) is 8.84. The number of rotatable bonds is 3. The molecule has 1 aromatic carbocycles. The van der Waals surface area contributed by atoms with E-state index in [0.29, 0.717) is 6.10 Å². The molecule has 0 spiro atoms. The maximum atomic E-state index is 5.95. The van der Waals surface area contributed by atoms with Crippen LogP contribution in [-0.4, -0.2) is 19.2 Å². The fourth-order valence-corrected chi connectivity index (χ4v) is 2.28. The molecule has 1 aromatic rings. The Morgan fingerprint density at radius 3 is 2.28 bits per heavy atom. The molecule has 0 aliphatic carbocycles. The molecule has 1 fully saturated rings. The number of nitrogens with one attached hydrogen (secondary N) is 1. The van der Waals surface area contributed by atoms with E-state index in [1.54, 1.807) is 0 Å². The Labute approximate surface area is 111 Å². The zero-order chi connectivity index (χ0) is 13.0. The minimum Gasteiger partial charge on any atom is -0.373 e. The largest absolute Gasteiger partial charge is 0.373 e. The number of piperidine rings is 1. The minimum absolute atomic E-state index is 0.231. The van der Waals surface area contributed by atoms with E-state index in [4.69, 9.17) is 4.74 Å². The lowest BCUT2D eigenvalue weighted by Gasteiger charge is -2.23. The highest BCUT2D eigenvalue weighted by Crippen LogP contribution is 2.22. The molecule has 0 radical (unpaired) electrons. The lowest BCUT2D eigenvalue weighted by atomic mass is 9.87. The molecule has 1 heterocycles. The van der Waals surface area contributed by atoms with Gasteiger partial charge in [0.2, 0.25) is 0 Å². The van der Waals surface area contributed by atoms with Gasteiger partial charge in [-0.15, -0.1) is 0 Å². The van der Waals surface area contributed by atoms with Crippen molar-refractivity contribution in [2.75, 3.05) is 13.1 Å². The monoisotopic (exact) mass is 247 g/mol. The van der Waals surface area contributed by atoms with Gasteiger partial charge in [-0.25, -0.2) is 0 Å². The summed E-state index contributed by atoms with van der Waals surface area (Å²) in [6.07, 6.45) is 2.72. The molecule has 1 aliphatic rings. The summed E-state index contributed by atoms with van der Waals surface area (Å²) >= 11 is 0. The van der Waals surface area contributed by atoms with Gasteiger partial charge in [0, 0.05) is 0 Å². The molecular weight excluding hydrogens is 222 g/mol. The van der Waals surface area contributed by atoms with Crippen LogP contribution in [0.1, 0.15) is 44.7 Å². The van der Waals surface area contributed by atoms with Crippen molar-refractivity contribution in [1.29, 1.82) is 0 Å². The summed E-state index contributed by atoms with van der Waals surface area (Å²) in [6.45, 7) is 9.66. The Morgan fingerprint density at radius 1 is 1.11 bits per heavy atom. The second kappa shape index (κ2) is 5.85. The Kier molecular flexibility index (Phi) is 4.41. The van der Waals surface area contributed by atoms with Crippen LogP contribution in [0.4, 0.5) is 0 Å². The molecule has 0 unspecified atom stereocenters. The van der Waals surface area contributed by atoms with Gasteiger partial charge in [-0.2, -0.15) is 0 Å². The second-order valence-corrected chi connectivity index (χ2v) is 6.21. The average molecular weight is 247 g/mol. The van der Waals surface area contributed by atoms with E-state index < -0.39 is 0 Å². The third-order valence-corrected chi connectivity index (χ3v) is 3.59. The van der Waals surface area contributed by atoms with Gasteiger partial charge in [-0.05, 0) is 42.5 Å². The Bertz CT molecular complexity index is 358. The van der Waals surface area contributed by atoms with Crippen molar-refractivity contribution in [2.24, 2.45) is 0 Å². The van der Waals surface area contributed by atoms with E-state index in [1.807, 2.05) is 0 Å². The third kappa shape index (κ3) is 3.82. The fraction of sp³-hybridized carbons (Fsp3) is 0.625. The van der Waals surface area contributed by atoms with Crippen molar-refractivity contribution in [3.05, 3.63) is 35.4 Å². The minimum atomic E-state index is 0.231. The summed E-state index contributed by atoms with van der Waals surface area (Å²) in [5, 5.41) is 3.36.